The fourth-order valence-corrected chi connectivity index (χ4v) is 2.68. The second kappa shape index (κ2) is 5.36. The smallest absolute Gasteiger partial charge is 0.252 e. The van der Waals surface area contributed by atoms with Gasteiger partial charge in [0.25, 0.3) is 5.79 Å². The molecule has 2 N–H and O–H groups in total. The molecule has 2 unspecified atom stereocenters. The van der Waals surface area contributed by atoms with E-state index in [0.29, 0.717) is 0 Å². The fraction of sp³-hybridized carbons (Fsp3) is 0.176. The third kappa shape index (κ3) is 2.11. The van der Waals surface area contributed by atoms with Crippen LogP contribution in [0.1, 0.15) is 15.9 Å². The van der Waals surface area contributed by atoms with Crippen molar-refractivity contribution in [2.75, 3.05) is 6.61 Å². The summed E-state index contributed by atoms with van der Waals surface area (Å²) in [6, 6.07) is 14.6. The van der Waals surface area contributed by atoms with Crippen LogP contribution in [-0.2, 0) is 10.6 Å². The van der Waals surface area contributed by atoms with E-state index in [2.05, 4.69) is 0 Å². The molecule has 1 aliphatic rings. The van der Waals surface area contributed by atoms with Crippen LogP contribution in [0.25, 0.3) is 0 Å². The van der Waals surface area contributed by atoms with Crippen molar-refractivity contribution >= 4 is 11.6 Å². The number of aliphatic hydroxyl groups excluding tert-OH is 1. The van der Waals surface area contributed by atoms with Crippen LogP contribution in [0.2, 0.25) is 0 Å². The Morgan fingerprint density at radius 1 is 1.09 bits per heavy atom. The quantitative estimate of drug-likeness (QED) is 0.834. The Hall–Kier alpha value is -2.50. The Bertz CT molecular complexity index is 725. The minimum absolute atomic E-state index is 0.209. The molecule has 112 valence electrons. The zero-order valence-corrected chi connectivity index (χ0v) is 11.6. The normalized spacial score (nSPS) is 23.5. The molecule has 0 amide bonds. The molecule has 0 aliphatic carbocycles. The Balaban J connectivity index is 2.19. The lowest BCUT2D eigenvalue weighted by molar-refractivity contribution is -0.186. The van der Waals surface area contributed by atoms with Crippen molar-refractivity contribution in [2.45, 2.75) is 5.79 Å². The van der Waals surface area contributed by atoms with Crippen molar-refractivity contribution in [2.24, 2.45) is 5.92 Å². The number of carbonyl (C=O) groups excluding carboxylic acids is 2. The number of aliphatic hydroxyl groups is 2. The molecule has 0 fully saturated rings. The van der Waals surface area contributed by atoms with Crippen LogP contribution in [0, 0.1) is 5.92 Å². The van der Waals surface area contributed by atoms with Gasteiger partial charge < -0.3 is 14.9 Å². The maximum absolute atomic E-state index is 12.6. The highest BCUT2D eigenvalue weighted by atomic mass is 16.6. The molecule has 3 rings (SSSR count). The van der Waals surface area contributed by atoms with Gasteiger partial charge in [0.05, 0.1) is 5.56 Å². The van der Waals surface area contributed by atoms with E-state index < -0.39 is 29.9 Å². The minimum Gasteiger partial charge on any atom is -0.456 e. The molecule has 22 heavy (non-hydrogen) atoms. The van der Waals surface area contributed by atoms with Gasteiger partial charge in [0.2, 0.25) is 0 Å². The molecular weight excluding hydrogens is 284 g/mol. The molecule has 2 aromatic carbocycles. The zero-order chi connectivity index (χ0) is 15.7. The van der Waals surface area contributed by atoms with Crippen LogP contribution in [0.3, 0.4) is 0 Å². The lowest BCUT2D eigenvalue weighted by Gasteiger charge is -2.38. The Kier molecular flexibility index (Phi) is 3.52. The standard InChI is InChI=1S/C17H14O5/c18-10-13(19)15-16(20)12-8-4-5-9-14(12)22-17(15,21)11-6-2-1-3-7-11/h1-9,15,18,21H,10H2. The van der Waals surface area contributed by atoms with Gasteiger partial charge in [-0.15, -0.1) is 0 Å². The van der Waals surface area contributed by atoms with Crippen LogP contribution < -0.4 is 4.74 Å². The average Bonchev–Trinajstić information content (AvgIpc) is 2.55. The van der Waals surface area contributed by atoms with Gasteiger partial charge in [0.15, 0.2) is 17.5 Å². The third-order valence-electron chi connectivity index (χ3n) is 3.74. The minimum atomic E-state index is -2.13. The van der Waals surface area contributed by atoms with Crippen molar-refractivity contribution in [3.63, 3.8) is 0 Å². The number of para-hydroxylation sites is 1. The van der Waals surface area contributed by atoms with Crippen molar-refractivity contribution in [1.82, 2.24) is 0 Å². The van der Waals surface area contributed by atoms with E-state index >= 15 is 0 Å². The first-order valence-corrected chi connectivity index (χ1v) is 6.81. The first-order valence-electron chi connectivity index (χ1n) is 6.81. The van der Waals surface area contributed by atoms with Crippen LogP contribution in [-0.4, -0.2) is 28.4 Å². The van der Waals surface area contributed by atoms with E-state index in [9.17, 15) is 14.7 Å². The lowest BCUT2D eigenvalue weighted by atomic mass is 9.80. The topological polar surface area (TPSA) is 83.8 Å². The number of Topliss-reactive ketones (excluding diaryl/α,β-unsaturated/α-hetero) is 2. The summed E-state index contributed by atoms with van der Waals surface area (Å²) in [5.74, 6) is -4.78. The highest BCUT2D eigenvalue weighted by Gasteiger charge is 2.53. The molecule has 2 atom stereocenters. The number of ketones is 2. The lowest BCUT2D eigenvalue weighted by Crippen LogP contribution is -2.52. The predicted molar refractivity (Wildman–Crippen MR) is 77.3 cm³/mol. The second-order valence-electron chi connectivity index (χ2n) is 5.08. The van der Waals surface area contributed by atoms with Gasteiger partial charge in [-0.1, -0.05) is 42.5 Å². The summed E-state index contributed by atoms with van der Waals surface area (Å²) in [5.41, 5.74) is 0.500. The maximum atomic E-state index is 12.6. The molecule has 5 heteroatoms. The monoisotopic (exact) mass is 298 g/mol. The highest BCUT2D eigenvalue weighted by molar-refractivity contribution is 6.14. The molecular formula is C17H14O5. The first kappa shape index (κ1) is 14.4. The number of benzene rings is 2. The van der Waals surface area contributed by atoms with Crippen LogP contribution >= 0.6 is 0 Å². The molecule has 0 aromatic heterocycles. The fourth-order valence-electron chi connectivity index (χ4n) is 2.68. The highest BCUT2D eigenvalue weighted by Crippen LogP contribution is 2.41. The van der Waals surface area contributed by atoms with Crippen molar-refractivity contribution in [3.05, 3.63) is 65.7 Å². The van der Waals surface area contributed by atoms with Crippen LogP contribution in [0.15, 0.2) is 54.6 Å². The molecule has 0 radical (unpaired) electrons. The van der Waals surface area contributed by atoms with Gasteiger partial charge in [-0.2, -0.15) is 0 Å². The number of carbonyl (C=O) groups is 2. The summed E-state index contributed by atoms with van der Waals surface area (Å²) in [7, 11) is 0. The molecule has 0 spiro atoms. The Morgan fingerprint density at radius 3 is 2.41 bits per heavy atom. The molecule has 1 heterocycles. The Labute approximate surface area is 126 Å². The van der Waals surface area contributed by atoms with Crippen molar-refractivity contribution in [1.29, 1.82) is 0 Å². The molecule has 0 saturated carbocycles. The molecule has 0 saturated heterocycles. The first-order chi connectivity index (χ1) is 10.6. The van der Waals surface area contributed by atoms with Crippen LogP contribution in [0.5, 0.6) is 5.75 Å². The number of ether oxygens (including phenoxy) is 1. The molecule has 1 aliphatic heterocycles. The van der Waals surface area contributed by atoms with Crippen molar-refractivity contribution < 1.29 is 24.5 Å². The molecule has 0 bridgehead atoms. The van der Waals surface area contributed by atoms with Gasteiger partial charge in [0, 0.05) is 5.56 Å². The SMILES string of the molecule is O=C(CO)C1C(=O)c2ccccc2OC1(O)c1ccccc1. The number of hydrogen-bond acceptors (Lipinski definition) is 5. The van der Waals surface area contributed by atoms with Gasteiger partial charge >= 0.3 is 0 Å². The second-order valence-corrected chi connectivity index (χ2v) is 5.08. The van der Waals surface area contributed by atoms with E-state index in [-0.39, 0.29) is 16.9 Å². The third-order valence-corrected chi connectivity index (χ3v) is 3.74. The maximum Gasteiger partial charge on any atom is 0.252 e. The van der Waals surface area contributed by atoms with E-state index in [1.54, 1.807) is 48.5 Å². The van der Waals surface area contributed by atoms with E-state index in [1.165, 1.54) is 6.07 Å². The average molecular weight is 298 g/mol. The summed E-state index contributed by atoms with van der Waals surface area (Å²) in [4.78, 5) is 24.7. The number of hydrogen-bond donors (Lipinski definition) is 2. The largest absolute Gasteiger partial charge is 0.456 e. The molecule has 2 aromatic rings. The summed E-state index contributed by atoms with van der Waals surface area (Å²) < 4.78 is 5.61. The van der Waals surface area contributed by atoms with Crippen molar-refractivity contribution in [3.8, 4) is 5.75 Å². The number of rotatable bonds is 3. The molecule has 5 nitrogen and oxygen atoms in total. The summed E-state index contributed by atoms with van der Waals surface area (Å²) in [6.45, 7) is -0.850. The van der Waals surface area contributed by atoms with E-state index in [1.807, 2.05) is 0 Å². The summed E-state index contributed by atoms with van der Waals surface area (Å²) in [5, 5.41) is 20.1. The summed E-state index contributed by atoms with van der Waals surface area (Å²) >= 11 is 0. The summed E-state index contributed by atoms with van der Waals surface area (Å²) in [6.07, 6.45) is 0. The van der Waals surface area contributed by atoms with E-state index in [0.717, 1.165) is 0 Å². The van der Waals surface area contributed by atoms with Gasteiger partial charge in [-0.05, 0) is 12.1 Å². The number of fused-ring (bicyclic) bond motifs is 1. The van der Waals surface area contributed by atoms with Gasteiger partial charge in [-0.3, -0.25) is 9.59 Å². The Morgan fingerprint density at radius 2 is 1.73 bits per heavy atom. The van der Waals surface area contributed by atoms with E-state index in [4.69, 9.17) is 9.84 Å². The predicted octanol–water partition coefficient (Wildman–Crippen LogP) is 1.28. The van der Waals surface area contributed by atoms with Crippen LogP contribution in [0.4, 0.5) is 0 Å². The van der Waals surface area contributed by atoms with Gasteiger partial charge in [0.1, 0.15) is 12.4 Å². The zero-order valence-electron chi connectivity index (χ0n) is 11.6. The van der Waals surface area contributed by atoms with Gasteiger partial charge in [-0.25, -0.2) is 0 Å².